The van der Waals surface area contributed by atoms with Crippen LogP contribution in [-0.4, -0.2) is 17.2 Å². The molecule has 0 heterocycles. The van der Waals surface area contributed by atoms with Gasteiger partial charge < -0.3 is 10.4 Å². The molecule has 1 aromatic rings. The van der Waals surface area contributed by atoms with Gasteiger partial charge in [-0.2, -0.15) is 0 Å². The Bertz CT molecular complexity index is 482. The van der Waals surface area contributed by atoms with Crippen molar-refractivity contribution < 1.29 is 5.11 Å². The number of benzene rings is 1. The molecule has 0 saturated heterocycles. The summed E-state index contributed by atoms with van der Waals surface area (Å²) in [6.45, 7) is 8.94. The number of hydrogen-bond donors (Lipinski definition) is 2. The fourth-order valence-corrected chi connectivity index (χ4v) is 2.68. The Kier molecular flexibility index (Phi) is 7.62. The third kappa shape index (κ3) is 5.60. The summed E-state index contributed by atoms with van der Waals surface area (Å²) in [4.78, 5) is 0. The van der Waals surface area contributed by atoms with E-state index in [0.717, 1.165) is 6.42 Å². The van der Waals surface area contributed by atoms with Crippen molar-refractivity contribution in [3.8, 4) is 0 Å². The Balaban J connectivity index is 2.96. The molecule has 0 spiro atoms. The van der Waals surface area contributed by atoms with E-state index in [-0.39, 0.29) is 6.61 Å². The number of hydrogen-bond acceptors (Lipinski definition) is 2. The molecule has 0 aliphatic rings. The van der Waals surface area contributed by atoms with E-state index < -0.39 is 0 Å². The van der Waals surface area contributed by atoms with Gasteiger partial charge in [0.15, 0.2) is 0 Å². The summed E-state index contributed by atoms with van der Waals surface area (Å²) in [5.41, 5.74) is 5.28. The maximum Gasteiger partial charge on any atom is 0.0654 e. The maximum absolute atomic E-state index is 9.54. The molecule has 21 heavy (non-hydrogen) atoms. The van der Waals surface area contributed by atoms with Crippen LogP contribution in [0.5, 0.6) is 0 Å². The highest BCUT2D eigenvalue weighted by Crippen LogP contribution is 2.30. The molecule has 1 aromatic carbocycles. The van der Waals surface area contributed by atoms with Crippen molar-refractivity contribution in [2.24, 2.45) is 11.8 Å². The highest BCUT2D eigenvalue weighted by molar-refractivity contribution is 7.78. The molecule has 2 atom stereocenters. The van der Waals surface area contributed by atoms with Crippen LogP contribution in [0.2, 0.25) is 0 Å². The van der Waals surface area contributed by atoms with Gasteiger partial charge in [0, 0.05) is 12.8 Å². The van der Waals surface area contributed by atoms with Crippen molar-refractivity contribution >= 4 is 23.8 Å². The van der Waals surface area contributed by atoms with Crippen LogP contribution in [0.1, 0.15) is 49.8 Å². The van der Waals surface area contributed by atoms with Crippen LogP contribution in [0.15, 0.2) is 24.4 Å². The van der Waals surface area contributed by atoms with E-state index >= 15 is 0 Å². The lowest BCUT2D eigenvalue weighted by Crippen LogP contribution is -2.16. The third-order valence-electron chi connectivity index (χ3n) is 4.03. The van der Waals surface area contributed by atoms with Gasteiger partial charge in [0.25, 0.3) is 0 Å². The second kappa shape index (κ2) is 8.96. The van der Waals surface area contributed by atoms with Crippen molar-refractivity contribution in [3.63, 3.8) is 0 Å². The molecule has 0 saturated carbocycles. The highest BCUT2D eigenvalue weighted by Gasteiger charge is 2.18. The highest BCUT2D eigenvalue weighted by atomic mass is 32.1. The first-order chi connectivity index (χ1) is 9.99. The average Bonchev–Trinajstić information content (AvgIpc) is 2.44. The van der Waals surface area contributed by atoms with E-state index in [2.05, 4.69) is 57.3 Å². The van der Waals surface area contributed by atoms with Gasteiger partial charge in [-0.15, -0.1) is 0 Å². The van der Waals surface area contributed by atoms with Gasteiger partial charge in [-0.05, 0) is 48.3 Å². The lowest BCUT2D eigenvalue weighted by molar-refractivity contribution is 0.175. The molecule has 0 amide bonds. The minimum Gasteiger partial charge on any atom is -0.396 e. The molecule has 2 N–H and O–H groups in total. The Hall–Kier alpha value is -1.19. The number of aliphatic hydroxyl groups excluding tert-OH is 1. The average molecular weight is 305 g/mol. The van der Waals surface area contributed by atoms with Crippen molar-refractivity contribution in [3.05, 3.63) is 41.1 Å². The second-order valence-corrected chi connectivity index (χ2v) is 6.31. The first kappa shape index (κ1) is 17.9. The van der Waals surface area contributed by atoms with E-state index in [9.17, 15) is 5.11 Å². The van der Waals surface area contributed by atoms with Crippen molar-refractivity contribution in [1.29, 1.82) is 0 Å². The van der Waals surface area contributed by atoms with Crippen LogP contribution in [0.4, 0.5) is 0 Å². The number of thiocarbonyl (C=S) groups is 1. The van der Waals surface area contributed by atoms with E-state index in [1.807, 2.05) is 6.20 Å². The lowest BCUT2D eigenvalue weighted by atomic mass is 9.83. The van der Waals surface area contributed by atoms with E-state index in [0.29, 0.717) is 17.8 Å². The molecule has 0 aliphatic heterocycles. The normalized spacial score (nSPS) is 14.4. The Morgan fingerprint density at radius 2 is 2.00 bits per heavy atom. The quantitative estimate of drug-likeness (QED) is 0.703. The van der Waals surface area contributed by atoms with E-state index in [4.69, 9.17) is 12.2 Å². The molecule has 3 heteroatoms. The topological polar surface area (TPSA) is 32.3 Å². The molecular weight excluding hydrogens is 278 g/mol. The predicted molar refractivity (Wildman–Crippen MR) is 95.4 cm³/mol. The van der Waals surface area contributed by atoms with Gasteiger partial charge in [-0.3, -0.25) is 0 Å². The maximum atomic E-state index is 9.54. The van der Waals surface area contributed by atoms with E-state index in [1.165, 1.54) is 22.2 Å². The SMILES string of the molecule is Cc1ccc(C(C)CC(CO)C(C)C)c(/C=C\NC=S)c1. The minimum absolute atomic E-state index is 0.255. The summed E-state index contributed by atoms with van der Waals surface area (Å²) in [6.07, 6.45) is 4.92. The molecule has 0 aromatic heterocycles. The van der Waals surface area contributed by atoms with Crippen molar-refractivity contribution in [2.45, 2.75) is 40.0 Å². The van der Waals surface area contributed by atoms with Crippen LogP contribution >= 0.6 is 12.2 Å². The first-order valence-electron chi connectivity index (χ1n) is 7.57. The summed E-state index contributed by atoms with van der Waals surface area (Å²) in [5.74, 6) is 1.26. The van der Waals surface area contributed by atoms with Gasteiger partial charge in [0.05, 0.1) is 5.49 Å². The molecular formula is C18H27NOS. The first-order valence-corrected chi connectivity index (χ1v) is 8.04. The standard InChI is InChI=1S/C18H27NOS/c1-13(2)17(11-20)10-15(4)18-6-5-14(3)9-16(18)7-8-19-12-21/h5-9,12-13,15,17,20H,10-11H2,1-4H3,(H,19,21)/b8-7-. The molecule has 1 rings (SSSR count). The van der Waals surface area contributed by atoms with Crippen LogP contribution in [0, 0.1) is 18.8 Å². The lowest BCUT2D eigenvalue weighted by Gasteiger charge is -2.24. The van der Waals surface area contributed by atoms with Crippen molar-refractivity contribution in [2.75, 3.05) is 6.61 Å². The molecule has 116 valence electrons. The smallest absolute Gasteiger partial charge is 0.0654 e. The largest absolute Gasteiger partial charge is 0.396 e. The predicted octanol–water partition coefficient (Wildman–Crippen LogP) is 4.27. The summed E-state index contributed by atoms with van der Waals surface area (Å²) in [7, 11) is 0. The zero-order valence-electron chi connectivity index (χ0n) is 13.5. The molecule has 0 radical (unpaired) electrons. The monoisotopic (exact) mass is 305 g/mol. The summed E-state index contributed by atoms with van der Waals surface area (Å²) in [6, 6.07) is 6.54. The molecule has 0 aliphatic carbocycles. The zero-order chi connectivity index (χ0) is 15.8. The summed E-state index contributed by atoms with van der Waals surface area (Å²) >= 11 is 4.76. The Morgan fingerprint density at radius 3 is 2.57 bits per heavy atom. The van der Waals surface area contributed by atoms with Gasteiger partial charge in [0.1, 0.15) is 0 Å². The number of aliphatic hydroxyl groups is 1. The number of rotatable bonds is 8. The van der Waals surface area contributed by atoms with Crippen LogP contribution in [0.25, 0.3) is 6.08 Å². The number of nitrogens with one attached hydrogen (secondary N) is 1. The fourth-order valence-electron chi connectivity index (χ4n) is 2.60. The van der Waals surface area contributed by atoms with Gasteiger partial charge >= 0.3 is 0 Å². The fraction of sp³-hybridized carbons (Fsp3) is 0.500. The van der Waals surface area contributed by atoms with Crippen LogP contribution in [0.3, 0.4) is 0 Å². The zero-order valence-corrected chi connectivity index (χ0v) is 14.3. The third-order valence-corrected chi connectivity index (χ3v) is 4.17. The van der Waals surface area contributed by atoms with Gasteiger partial charge in [-0.25, -0.2) is 0 Å². The van der Waals surface area contributed by atoms with Gasteiger partial charge in [-0.1, -0.05) is 56.8 Å². The summed E-state index contributed by atoms with van der Waals surface area (Å²) in [5, 5.41) is 12.5. The molecule has 0 fully saturated rings. The summed E-state index contributed by atoms with van der Waals surface area (Å²) < 4.78 is 0. The van der Waals surface area contributed by atoms with Crippen LogP contribution in [-0.2, 0) is 0 Å². The van der Waals surface area contributed by atoms with Crippen molar-refractivity contribution in [1.82, 2.24) is 5.32 Å². The van der Waals surface area contributed by atoms with Crippen LogP contribution < -0.4 is 5.32 Å². The molecule has 2 unspecified atom stereocenters. The second-order valence-electron chi connectivity index (χ2n) is 6.07. The minimum atomic E-state index is 0.255. The molecule has 2 nitrogen and oxygen atoms in total. The van der Waals surface area contributed by atoms with Gasteiger partial charge in [0.2, 0.25) is 0 Å². The van der Waals surface area contributed by atoms with E-state index in [1.54, 1.807) is 0 Å². The Labute approximate surface area is 134 Å². The molecule has 0 bridgehead atoms. The Morgan fingerprint density at radius 1 is 1.29 bits per heavy atom. The number of aryl methyl sites for hydroxylation is 1.